The largest absolute Gasteiger partial charge is 0.481 e. The summed E-state index contributed by atoms with van der Waals surface area (Å²) in [6.45, 7) is 3.29. The number of carboxylic acids is 2. The summed E-state index contributed by atoms with van der Waals surface area (Å²) in [6.07, 6.45) is 1.54. The summed E-state index contributed by atoms with van der Waals surface area (Å²) in [6, 6.07) is 13.8. The van der Waals surface area contributed by atoms with Gasteiger partial charge in [0.1, 0.15) is 6.61 Å². The third-order valence-corrected chi connectivity index (χ3v) is 9.01. The van der Waals surface area contributed by atoms with Crippen LogP contribution in [0, 0.1) is 17.8 Å². The number of hydrogen-bond donors (Lipinski definition) is 5. The van der Waals surface area contributed by atoms with Gasteiger partial charge in [0.25, 0.3) is 0 Å². The smallest absolute Gasteiger partial charge is 0.306 e. The van der Waals surface area contributed by atoms with Crippen molar-refractivity contribution in [2.45, 2.75) is 71.1 Å². The molecule has 0 radical (unpaired) electrons. The Hall–Kier alpha value is -5.31. The summed E-state index contributed by atoms with van der Waals surface area (Å²) in [5, 5.41) is 25.4. The number of hydrogen-bond acceptors (Lipinski definition) is 9. The minimum absolute atomic E-state index is 0.0170. The monoisotopic (exact) mass is 739 g/mol. The lowest BCUT2D eigenvalue weighted by atomic mass is 9.86. The van der Waals surface area contributed by atoms with Gasteiger partial charge in [-0.05, 0) is 36.0 Å². The van der Waals surface area contributed by atoms with Gasteiger partial charge < -0.3 is 30.6 Å². The van der Waals surface area contributed by atoms with E-state index >= 15 is 0 Å². The number of H-pyrrole nitrogens is 1. The van der Waals surface area contributed by atoms with Crippen molar-refractivity contribution in [3.8, 4) is 0 Å². The molecule has 0 aliphatic carbocycles. The van der Waals surface area contributed by atoms with E-state index in [0.717, 1.165) is 39.8 Å². The molecular formula is C37H45N3O11S. The molecule has 52 heavy (non-hydrogen) atoms. The fraction of sp³-hybridized carbons (Fsp3) is 0.405. The Bertz CT molecular complexity index is 1870. The minimum Gasteiger partial charge on any atom is -0.481 e. The van der Waals surface area contributed by atoms with E-state index in [4.69, 9.17) is 4.74 Å². The highest BCUT2D eigenvalue weighted by atomic mass is 32.2. The van der Waals surface area contributed by atoms with Crippen LogP contribution in [0.4, 0.5) is 0 Å². The summed E-state index contributed by atoms with van der Waals surface area (Å²) in [5.41, 5.74) is 2.29. The highest BCUT2D eigenvalue weighted by molar-refractivity contribution is 7.93. The molecule has 2 amide bonds. The molecule has 3 aromatic rings. The van der Waals surface area contributed by atoms with E-state index in [9.17, 15) is 47.4 Å². The number of benzene rings is 2. The van der Waals surface area contributed by atoms with E-state index in [1.807, 2.05) is 30.3 Å². The fourth-order valence-corrected chi connectivity index (χ4v) is 6.04. The molecule has 0 unspecified atom stereocenters. The fourth-order valence-electron chi connectivity index (χ4n) is 5.57. The molecule has 0 fully saturated rings. The second-order valence-corrected chi connectivity index (χ2v) is 14.9. The van der Waals surface area contributed by atoms with E-state index < -0.39 is 94.4 Å². The second kappa shape index (κ2) is 19.3. The maximum Gasteiger partial charge on any atom is 0.306 e. The van der Waals surface area contributed by atoms with Gasteiger partial charge in [0, 0.05) is 47.5 Å². The number of rotatable bonds is 21. The number of aromatic nitrogens is 1. The number of nitrogens with one attached hydrogen (secondary N) is 3. The molecule has 2 aromatic carbocycles. The molecular weight excluding hydrogens is 694 g/mol. The quantitative estimate of drug-likeness (QED) is 0.0993. The molecule has 0 aliphatic rings. The van der Waals surface area contributed by atoms with Gasteiger partial charge in [0.15, 0.2) is 15.6 Å². The minimum atomic E-state index is -3.64. The number of carboxylic acid groups (broad SMARTS) is 2. The SMILES string of the molecule is CC(C)[C@H](CC(=O)[C@H](CCC(=O)O)NC(=O)[C@@H](CC(=O)OCc1ccccc1)Cc1c[nH]c2ccccc12)C(=O)N[C@H](/C=C/S(C)(=O)=O)CC(=O)O. The van der Waals surface area contributed by atoms with Crippen molar-refractivity contribution in [2.75, 3.05) is 6.26 Å². The number of Topliss-reactive ketones (excluding diaryl/α,β-unsaturated/α-hetero) is 1. The van der Waals surface area contributed by atoms with E-state index in [1.165, 1.54) is 0 Å². The first-order valence-electron chi connectivity index (χ1n) is 16.7. The maximum atomic E-state index is 13.9. The standard InChI is InChI=1S/C37H45N3O11S/c1-23(2)29(37(48)39-27(19-34(44)45)15-16-52(3,49)50)20-32(41)31(13-14-33(42)43)40-36(47)25(17-26-21-38-30-12-8-7-11-28(26)30)18-35(46)51-22-24-9-5-4-6-10-24/h4-12,15-16,21,23,25,27,29,31,38H,13-14,17-20,22H2,1-3H3,(H,39,48)(H,40,47)(H,42,43)(H,44,45)/b16-15+/t25-,27-,29+,31+/m1/s1. The van der Waals surface area contributed by atoms with E-state index in [-0.39, 0.29) is 25.9 Å². The number of sulfone groups is 1. The molecule has 4 atom stereocenters. The van der Waals surface area contributed by atoms with Gasteiger partial charge in [0.05, 0.1) is 30.8 Å². The van der Waals surface area contributed by atoms with Crippen LogP contribution >= 0.6 is 0 Å². The van der Waals surface area contributed by atoms with Crippen molar-refractivity contribution in [3.05, 3.63) is 83.4 Å². The zero-order valence-corrected chi connectivity index (χ0v) is 30.1. The van der Waals surface area contributed by atoms with Gasteiger partial charge in [-0.1, -0.05) is 68.5 Å². The first-order valence-corrected chi connectivity index (χ1v) is 18.7. The first kappa shape index (κ1) is 41.1. The summed E-state index contributed by atoms with van der Waals surface area (Å²) in [5.74, 6) is -7.80. The lowest BCUT2D eigenvalue weighted by Crippen LogP contribution is -2.47. The van der Waals surface area contributed by atoms with Crippen molar-refractivity contribution in [1.82, 2.24) is 15.6 Å². The topological polar surface area (TPSA) is 226 Å². The number of ether oxygens (including phenoxy) is 1. The molecule has 0 spiro atoms. The van der Waals surface area contributed by atoms with Crippen LogP contribution in [0.25, 0.3) is 10.9 Å². The van der Waals surface area contributed by atoms with E-state index in [1.54, 1.807) is 44.3 Å². The van der Waals surface area contributed by atoms with Gasteiger partial charge >= 0.3 is 17.9 Å². The number of para-hydroxylation sites is 1. The number of ketones is 1. The molecule has 5 N–H and O–H groups in total. The third-order valence-electron chi connectivity index (χ3n) is 8.36. The predicted molar refractivity (Wildman–Crippen MR) is 191 cm³/mol. The van der Waals surface area contributed by atoms with Gasteiger partial charge in [-0.2, -0.15) is 0 Å². The molecule has 0 saturated carbocycles. The van der Waals surface area contributed by atoms with Crippen LogP contribution in [0.5, 0.6) is 0 Å². The van der Waals surface area contributed by atoms with Crippen molar-refractivity contribution < 1.29 is 52.1 Å². The summed E-state index contributed by atoms with van der Waals surface area (Å²) < 4.78 is 28.7. The normalized spacial score (nSPS) is 14.0. The highest BCUT2D eigenvalue weighted by Gasteiger charge is 2.33. The number of carbonyl (C=O) groups is 6. The van der Waals surface area contributed by atoms with Crippen molar-refractivity contribution in [3.63, 3.8) is 0 Å². The lowest BCUT2D eigenvalue weighted by Gasteiger charge is -2.26. The average molecular weight is 740 g/mol. The molecule has 280 valence electrons. The number of carbonyl (C=O) groups excluding carboxylic acids is 4. The van der Waals surface area contributed by atoms with Gasteiger partial charge in [0.2, 0.25) is 11.8 Å². The highest BCUT2D eigenvalue weighted by Crippen LogP contribution is 2.24. The summed E-state index contributed by atoms with van der Waals surface area (Å²) >= 11 is 0. The Labute approximate surface area is 301 Å². The molecule has 14 nitrogen and oxygen atoms in total. The molecule has 0 aliphatic heterocycles. The zero-order chi connectivity index (χ0) is 38.4. The van der Waals surface area contributed by atoms with Crippen LogP contribution < -0.4 is 10.6 Å². The van der Waals surface area contributed by atoms with E-state index in [2.05, 4.69) is 15.6 Å². The maximum absolute atomic E-state index is 13.9. The predicted octanol–water partition coefficient (Wildman–Crippen LogP) is 3.56. The average Bonchev–Trinajstić information content (AvgIpc) is 3.48. The van der Waals surface area contributed by atoms with Crippen LogP contribution in [0.1, 0.15) is 57.1 Å². The summed E-state index contributed by atoms with van der Waals surface area (Å²) in [7, 11) is -3.64. The van der Waals surface area contributed by atoms with Crippen LogP contribution in [0.2, 0.25) is 0 Å². The second-order valence-electron chi connectivity index (χ2n) is 13.0. The third kappa shape index (κ3) is 13.8. The van der Waals surface area contributed by atoms with Gasteiger partial charge in [-0.25, -0.2) is 8.42 Å². The van der Waals surface area contributed by atoms with Crippen molar-refractivity contribution >= 4 is 56.2 Å². The molecule has 1 heterocycles. The lowest BCUT2D eigenvalue weighted by molar-refractivity contribution is -0.148. The van der Waals surface area contributed by atoms with Crippen LogP contribution in [-0.4, -0.2) is 77.5 Å². The van der Waals surface area contributed by atoms with E-state index in [0.29, 0.717) is 0 Å². The molecule has 1 aromatic heterocycles. The van der Waals surface area contributed by atoms with Gasteiger partial charge in [-0.15, -0.1) is 0 Å². The Morgan fingerprint density at radius 3 is 2.17 bits per heavy atom. The Morgan fingerprint density at radius 2 is 1.54 bits per heavy atom. The van der Waals surface area contributed by atoms with Crippen molar-refractivity contribution in [2.24, 2.45) is 17.8 Å². The summed E-state index contributed by atoms with van der Waals surface area (Å²) in [4.78, 5) is 80.1. The molecule has 0 bridgehead atoms. The number of amides is 2. The number of aromatic amines is 1. The van der Waals surface area contributed by atoms with Crippen LogP contribution in [0.3, 0.4) is 0 Å². The molecule has 0 saturated heterocycles. The first-order chi connectivity index (χ1) is 24.5. The zero-order valence-electron chi connectivity index (χ0n) is 29.2. The number of esters is 1. The van der Waals surface area contributed by atoms with Crippen LogP contribution in [-0.2, 0) is 56.4 Å². The number of fused-ring (bicyclic) bond motifs is 1. The Morgan fingerprint density at radius 1 is 0.865 bits per heavy atom. The molecule has 15 heteroatoms. The van der Waals surface area contributed by atoms with Gasteiger partial charge in [-0.3, -0.25) is 28.8 Å². The van der Waals surface area contributed by atoms with Crippen molar-refractivity contribution in [1.29, 1.82) is 0 Å². The molecule has 3 rings (SSSR count). The van der Waals surface area contributed by atoms with Crippen LogP contribution in [0.15, 0.2) is 72.3 Å². The Balaban J connectivity index is 1.84. The Kier molecular flexibility index (Phi) is 15.3. The number of aliphatic carboxylic acids is 2.